The number of anilines is 1. The fourth-order valence-corrected chi connectivity index (χ4v) is 1.63. The minimum absolute atomic E-state index is 0.289. The van der Waals surface area contributed by atoms with Gasteiger partial charge in [0.2, 0.25) is 5.91 Å². The minimum atomic E-state index is -0.524. The largest absolute Gasteiger partial charge is 0.323 e. The van der Waals surface area contributed by atoms with Crippen LogP contribution in [0, 0.1) is 11.3 Å². The first-order valence-electron chi connectivity index (χ1n) is 5.46. The summed E-state index contributed by atoms with van der Waals surface area (Å²) in [5, 5.41) is 15.7. The predicted octanol–water partition coefficient (Wildman–Crippen LogP) is 2.00. The van der Waals surface area contributed by atoms with Crippen molar-refractivity contribution in [3.05, 3.63) is 41.4 Å². The summed E-state index contributed by atoms with van der Waals surface area (Å²) >= 11 is 5.97. The van der Waals surface area contributed by atoms with Gasteiger partial charge in [0.05, 0.1) is 22.3 Å². The van der Waals surface area contributed by atoms with E-state index in [-0.39, 0.29) is 5.91 Å². The summed E-state index contributed by atoms with van der Waals surface area (Å²) in [6.07, 6.45) is 2.81. The third-order valence-corrected chi connectivity index (χ3v) is 2.90. The monoisotopic (exact) mass is 275 g/mol. The summed E-state index contributed by atoms with van der Waals surface area (Å²) in [4.78, 5) is 15.8. The maximum Gasteiger partial charge on any atom is 0.249 e. The highest BCUT2D eigenvalue weighted by molar-refractivity contribution is 6.33. The maximum atomic E-state index is 12.0. The summed E-state index contributed by atoms with van der Waals surface area (Å²) < 4.78 is 1.43. The quantitative estimate of drug-likeness (QED) is 0.928. The zero-order valence-corrected chi connectivity index (χ0v) is 10.8. The Morgan fingerprint density at radius 3 is 3.00 bits per heavy atom. The SMILES string of the molecule is CC(C(=O)Nc1cc(C#N)ccc1Cl)n1cncn1. The van der Waals surface area contributed by atoms with Crippen molar-refractivity contribution < 1.29 is 4.79 Å². The molecule has 96 valence electrons. The number of nitrogens with zero attached hydrogens (tertiary/aromatic N) is 4. The third kappa shape index (κ3) is 2.89. The number of hydrogen-bond acceptors (Lipinski definition) is 4. The van der Waals surface area contributed by atoms with Gasteiger partial charge < -0.3 is 5.32 Å². The van der Waals surface area contributed by atoms with Gasteiger partial charge in [0.1, 0.15) is 18.7 Å². The van der Waals surface area contributed by atoms with Gasteiger partial charge in [-0.05, 0) is 25.1 Å². The summed E-state index contributed by atoms with van der Waals surface area (Å²) in [5.41, 5.74) is 0.825. The fraction of sp³-hybridized carbons (Fsp3) is 0.167. The second kappa shape index (κ2) is 5.50. The molecule has 7 heteroatoms. The van der Waals surface area contributed by atoms with Crippen LogP contribution in [0.5, 0.6) is 0 Å². The van der Waals surface area contributed by atoms with Crippen molar-refractivity contribution >= 4 is 23.2 Å². The lowest BCUT2D eigenvalue weighted by molar-refractivity contribution is -0.119. The Hall–Kier alpha value is -2.39. The van der Waals surface area contributed by atoms with Gasteiger partial charge in [-0.25, -0.2) is 9.67 Å². The number of nitrogens with one attached hydrogen (secondary N) is 1. The Bertz CT molecular complexity index is 632. The molecule has 0 saturated heterocycles. The van der Waals surface area contributed by atoms with Gasteiger partial charge in [0.15, 0.2) is 0 Å². The van der Waals surface area contributed by atoms with Gasteiger partial charge in [0, 0.05) is 0 Å². The molecule has 0 aliphatic carbocycles. The Kier molecular flexibility index (Phi) is 3.78. The predicted molar refractivity (Wildman–Crippen MR) is 69.5 cm³/mol. The average Bonchev–Trinajstić information content (AvgIpc) is 2.94. The van der Waals surface area contributed by atoms with E-state index < -0.39 is 6.04 Å². The first kappa shape index (κ1) is 13.1. The van der Waals surface area contributed by atoms with Crippen LogP contribution in [-0.2, 0) is 4.79 Å². The molecule has 1 aromatic carbocycles. The topological polar surface area (TPSA) is 83.6 Å². The number of amides is 1. The molecule has 1 amide bonds. The lowest BCUT2D eigenvalue weighted by atomic mass is 10.2. The van der Waals surface area contributed by atoms with E-state index in [9.17, 15) is 4.79 Å². The van der Waals surface area contributed by atoms with Gasteiger partial charge in [-0.1, -0.05) is 11.6 Å². The minimum Gasteiger partial charge on any atom is -0.323 e. The van der Waals surface area contributed by atoms with E-state index in [1.54, 1.807) is 19.1 Å². The van der Waals surface area contributed by atoms with Gasteiger partial charge >= 0.3 is 0 Å². The van der Waals surface area contributed by atoms with E-state index in [0.29, 0.717) is 16.3 Å². The number of hydrogen-bond donors (Lipinski definition) is 1. The lowest BCUT2D eigenvalue weighted by Gasteiger charge is -2.13. The molecule has 2 rings (SSSR count). The molecule has 19 heavy (non-hydrogen) atoms. The molecule has 0 saturated carbocycles. The van der Waals surface area contributed by atoms with Crippen LogP contribution >= 0.6 is 11.6 Å². The first-order valence-corrected chi connectivity index (χ1v) is 5.84. The van der Waals surface area contributed by atoms with E-state index in [4.69, 9.17) is 16.9 Å². The molecule has 0 aliphatic heterocycles. The van der Waals surface area contributed by atoms with Crippen LogP contribution in [0.15, 0.2) is 30.9 Å². The van der Waals surface area contributed by atoms with E-state index in [1.807, 2.05) is 6.07 Å². The number of nitriles is 1. The molecule has 1 N–H and O–H groups in total. The van der Waals surface area contributed by atoms with E-state index in [2.05, 4.69) is 15.4 Å². The Balaban J connectivity index is 2.17. The smallest absolute Gasteiger partial charge is 0.249 e. The molecule has 0 spiro atoms. The highest BCUT2D eigenvalue weighted by Crippen LogP contribution is 2.23. The molecule has 1 atom stereocenters. The number of halogens is 1. The van der Waals surface area contributed by atoms with Crippen molar-refractivity contribution in [2.24, 2.45) is 0 Å². The van der Waals surface area contributed by atoms with Crippen molar-refractivity contribution in [1.29, 1.82) is 5.26 Å². The Morgan fingerprint density at radius 2 is 2.37 bits per heavy atom. The molecule has 0 fully saturated rings. The maximum absolute atomic E-state index is 12.0. The highest BCUT2D eigenvalue weighted by Gasteiger charge is 2.16. The first-order chi connectivity index (χ1) is 9.11. The summed E-state index contributed by atoms with van der Waals surface area (Å²) in [6, 6.07) is 6.13. The number of carbonyl (C=O) groups excluding carboxylic acids is 1. The summed E-state index contributed by atoms with van der Waals surface area (Å²) in [6.45, 7) is 1.69. The van der Waals surface area contributed by atoms with E-state index >= 15 is 0 Å². The van der Waals surface area contributed by atoms with Gasteiger partial charge in [-0.3, -0.25) is 4.79 Å². The third-order valence-electron chi connectivity index (χ3n) is 2.57. The number of rotatable bonds is 3. The molecule has 0 radical (unpaired) electrons. The molecule has 1 unspecified atom stereocenters. The standard InChI is InChI=1S/C12H10ClN5O/c1-8(18-7-15-6-16-18)12(19)17-11-4-9(5-14)2-3-10(11)13/h2-4,6-8H,1H3,(H,17,19). The summed E-state index contributed by atoms with van der Waals surface area (Å²) in [7, 11) is 0. The van der Waals surface area contributed by atoms with Crippen LogP contribution in [0.3, 0.4) is 0 Å². The fourth-order valence-electron chi connectivity index (χ4n) is 1.47. The molecule has 0 bridgehead atoms. The van der Waals surface area contributed by atoms with Gasteiger partial charge in [-0.2, -0.15) is 10.4 Å². The summed E-state index contributed by atoms with van der Waals surface area (Å²) in [5.74, 6) is -0.289. The molecule has 1 aromatic heterocycles. The Morgan fingerprint density at radius 1 is 1.58 bits per heavy atom. The molecule has 0 aliphatic rings. The second-order valence-corrected chi connectivity index (χ2v) is 4.25. The van der Waals surface area contributed by atoms with E-state index in [1.165, 1.54) is 23.4 Å². The Labute approximate surface area is 114 Å². The zero-order chi connectivity index (χ0) is 13.8. The van der Waals surface area contributed by atoms with E-state index in [0.717, 1.165) is 0 Å². The number of carbonyl (C=O) groups is 1. The van der Waals surface area contributed by atoms with Crippen molar-refractivity contribution in [1.82, 2.24) is 14.8 Å². The van der Waals surface area contributed by atoms with Crippen LogP contribution in [0.25, 0.3) is 0 Å². The van der Waals surface area contributed by atoms with Crippen LogP contribution in [0.4, 0.5) is 5.69 Å². The number of benzene rings is 1. The van der Waals surface area contributed by atoms with Crippen molar-refractivity contribution in [3.63, 3.8) is 0 Å². The lowest BCUT2D eigenvalue weighted by Crippen LogP contribution is -2.24. The highest BCUT2D eigenvalue weighted by atomic mass is 35.5. The van der Waals surface area contributed by atoms with Crippen LogP contribution in [-0.4, -0.2) is 20.7 Å². The molecule has 1 heterocycles. The molecular formula is C12H10ClN5O. The van der Waals surface area contributed by atoms with Gasteiger partial charge in [-0.15, -0.1) is 0 Å². The van der Waals surface area contributed by atoms with Crippen LogP contribution in [0.2, 0.25) is 5.02 Å². The average molecular weight is 276 g/mol. The molecular weight excluding hydrogens is 266 g/mol. The van der Waals surface area contributed by atoms with Crippen LogP contribution < -0.4 is 5.32 Å². The number of aromatic nitrogens is 3. The second-order valence-electron chi connectivity index (χ2n) is 3.85. The van der Waals surface area contributed by atoms with Crippen molar-refractivity contribution in [2.45, 2.75) is 13.0 Å². The molecule has 2 aromatic rings. The zero-order valence-electron chi connectivity index (χ0n) is 10.0. The van der Waals surface area contributed by atoms with Crippen molar-refractivity contribution in [2.75, 3.05) is 5.32 Å². The normalized spacial score (nSPS) is 11.6. The molecule has 6 nitrogen and oxygen atoms in total. The van der Waals surface area contributed by atoms with Crippen molar-refractivity contribution in [3.8, 4) is 6.07 Å². The van der Waals surface area contributed by atoms with Crippen LogP contribution in [0.1, 0.15) is 18.5 Å². The van der Waals surface area contributed by atoms with Gasteiger partial charge in [0.25, 0.3) is 0 Å².